The summed E-state index contributed by atoms with van der Waals surface area (Å²) in [7, 11) is 0. The number of rotatable bonds is 6. The Balaban J connectivity index is 3.08. The van der Waals surface area contributed by atoms with Gasteiger partial charge >= 0.3 is 0 Å². The SMILES string of the molecule is CCOc1ccc(C(C)(C)C)cc1CC(CN)CO. The standard InChI is InChI=1S/C16H27NO2/c1-5-19-15-7-6-14(16(2,3)4)9-13(15)8-12(10-17)11-18/h6-7,9,12,18H,5,8,10-11,17H2,1-4H3. The normalized spacial score (nSPS) is 13.4. The molecule has 0 saturated heterocycles. The Bertz CT molecular complexity index is 392. The number of ether oxygens (including phenoxy) is 1. The van der Waals surface area contributed by atoms with Crippen molar-refractivity contribution >= 4 is 0 Å². The Kier molecular flexibility index (Phi) is 5.83. The Morgan fingerprint density at radius 1 is 1.32 bits per heavy atom. The van der Waals surface area contributed by atoms with Crippen LogP contribution in [0.5, 0.6) is 5.75 Å². The molecule has 3 nitrogen and oxygen atoms in total. The van der Waals surface area contributed by atoms with Gasteiger partial charge in [0.05, 0.1) is 6.61 Å². The summed E-state index contributed by atoms with van der Waals surface area (Å²) in [5, 5.41) is 9.32. The van der Waals surface area contributed by atoms with Gasteiger partial charge in [0.25, 0.3) is 0 Å². The van der Waals surface area contributed by atoms with Crippen molar-refractivity contribution in [2.45, 2.75) is 39.5 Å². The van der Waals surface area contributed by atoms with Crippen LogP contribution in [0.1, 0.15) is 38.8 Å². The van der Waals surface area contributed by atoms with Gasteiger partial charge in [-0.05, 0) is 48.4 Å². The Morgan fingerprint density at radius 2 is 2.00 bits per heavy atom. The molecular weight excluding hydrogens is 238 g/mol. The molecule has 3 heteroatoms. The molecular formula is C16H27NO2. The summed E-state index contributed by atoms with van der Waals surface area (Å²) in [5.74, 6) is 0.997. The van der Waals surface area contributed by atoms with Gasteiger partial charge in [0.1, 0.15) is 5.75 Å². The van der Waals surface area contributed by atoms with Crippen LogP contribution in [0.4, 0.5) is 0 Å². The lowest BCUT2D eigenvalue weighted by atomic mass is 9.85. The first-order valence-corrected chi connectivity index (χ1v) is 6.99. The van der Waals surface area contributed by atoms with Gasteiger partial charge in [0.15, 0.2) is 0 Å². The van der Waals surface area contributed by atoms with Gasteiger partial charge in [0, 0.05) is 6.61 Å². The molecule has 3 N–H and O–H groups in total. The highest BCUT2D eigenvalue weighted by Crippen LogP contribution is 2.29. The third-order valence-electron chi connectivity index (χ3n) is 3.33. The van der Waals surface area contributed by atoms with E-state index in [1.807, 2.05) is 13.0 Å². The first-order chi connectivity index (χ1) is 8.92. The predicted octanol–water partition coefficient (Wildman–Crippen LogP) is 2.49. The monoisotopic (exact) mass is 265 g/mol. The van der Waals surface area contributed by atoms with Gasteiger partial charge in [-0.25, -0.2) is 0 Å². The molecule has 0 saturated carbocycles. The predicted molar refractivity (Wildman–Crippen MR) is 79.6 cm³/mol. The molecule has 1 rings (SSSR count). The van der Waals surface area contributed by atoms with Crippen LogP contribution < -0.4 is 10.5 Å². The molecule has 0 aliphatic carbocycles. The lowest BCUT2D eigenvalue weighted by Gasteiger charge is -2.22. The highest BCUT2D eigenvalue weighted by molar-refractivity contribution is 5.40. The van der Waals surface area contributed by atoms with Crippen LogP contribution in [0.3, 0.4) is 0 Å². The molecule has 0 fully saturated rings. The van der Waals surface area contributed by atoms with Gasteiger partial charge in [-0.2, -0.15) is 0 Å². The fraction of sp³-hybridized carbons (Fsp3) is 0.625. The third-order valence-corrected chi connectivity index (χ3v) is 3.33. The van der Waals surface area contributed by atoms with Gasteiger partial charge < -0.3 is 15.6 Å². The molecule has 0 bridgehead atoms. The smallest absolute Gasteiger partial charge is 0.122 e. The zero-order valence-corrected chi connectivity index (χ0v) is 12.6. The quantitative estimate of drug-likeness (QED) is 0.831. The van der Waals surface area contributed by atoms with Crippen LogP contribution in [-0.4, -0.2) is 24.9 Å². The van der Waals surface area contributed by atoms with Crippen LogP contribution in [0.2, 0.25) is 0 Å². The fourth-order valence-electron chi connectivity index (χ4n) is 2.04. The molecule has 0 aliphatic heterocycles. The summed E-state index contributed by atoms with van der Waals surface area (Å²) >= 11 is 0. The maximum atomic E-state index is 9.32. The number of aliphatic hydroxyl groups excluding tert-OH is 1. The zero-order valence-electron chi connectivity index (χ0n) is 12.6. The molecule has 0 radical (unpaired) electrons. The lowest BCUT2D eigenvalue weighted by molar-refractivity contribution is 0.228. The lowest BCUT2D eigenvalue weighted by Crippen LogP contribution is -2.21. The minimum Gasteiger partial charge on any atom is -0.494 e. The molecule has 1 atom stereocenters. The highest BCUT2D eigenvalue weighted by atomic mass is 16.5. The molecule has 108 valence electrons. The zero-order chi connectivity index (χ0) is 14.5. The molecule has 0 spiro atoms. The summed E-state index contributed by atoms with van der Waals surface area (Å²) in [6.45, 7) is 9.81. The number of hydrogen-bond donors (Lipinski definition) is 2. The van der Waals surface area contributed by atoms with E-state index < -0.39 is 0 Å². The Hall–Kier alpha value is -1.06. The van der Waals surface area contributed by atoms with E-state index in [0.717, 1.165) is 17.7 Å². The second-order valence-corrected chi connectivity index (χ2v) is 5.99. The molecule has 1 unspecified atom stereocenters. The molecule has 0 amide bonds. The van der Waals surface area contributed by atoms with Crippen molar-refractivity contribution in [3.05, 3.63) is 29.3 Å². The number of benzene rings is 1. The fourth-order valence-corrected chi connectivity index (χ4v) is 2.04. The summed E-state index contributed by atoms with van der Waals surface area (Å²) in [6, 6.07) is 6.33. The van der Waals surface area contributed by atoms with Crippen LogP contribution in [0.15, 0.2) is 18.2 Å². The number of nitrogens with two attached hydrogens (primary N) is 1. The first kappa shape index (κ1) is 16.0. The van der Waals surface area contributed by atoms with Gasteiger partial charge in [-0.3, -0.25) is 0 Å². The summed E-state index contributed by atoms with van der Waals surface area (Å²) in [4.78, 5) is 0. The van der Waals surface area contributed by atoms with Gasteiger partial charge in [0.2, 0.25) is 0 Å². The van der Waals surface area contributed by atoms with Crippen molar-refractivity contribution in [3.63, 3.8) is 0 Å². The van der Waals surface area contributed by atoms with Crippen molar-refractivity contribution in [3.8, 4) is 5.75 Å². The molecule has 19 heavy (non-hydrogen) atoms. The van der Waals surface area contributed by atoms with E-state index in [-0.39, 0.29) is 17.9 Å². The molecule has 0 heterocycles. The second-order valence-electron chi connectivity index (χ2n) is 5.99. The van der Waals surface area contributed by atoms with E-state index >= 15 is 0 Å². The first-order valence-electron chi connectivity index (χ1n) is 6.99. The van der Waals surface area contributed by atoms with E-state index in [4.69, 9.17) is 10.5 Å². The Labute approximate surface area is 116 Å². The molecule has 0 aromatic heterocycles. The van der Waals surface area contributed by atoms with Gasteiger partial charge in [-0.15, -0.1) is 0 Å². The summed E-state index contributed by atoms with van der Waals surface area (Å²) in [5.41, 5.74) is 8.20. The van der Waals surface area contributed by atoms with Crippen molar-refractivity contribution in [1.82, 2.24) is 0 Å². The van der Waals surface area contributed by atoms with E-state index in [0.29, 0.717) is 13.2 Å². The van der Waals surface area contributed by atoms with Crippen LogP contribution in [0, 0.1) is 5.92 Å². The molecule has 1 aromatic rings. The third kappa shape index (κ3) is 4.51. The molecule has 1 aromatic carbocycles. The maximum absolute atomic E-state index is 9.32. The minimum atomic E-state index is 0.0921. The molecule has 0 aliphatic rings. The highest BCUT2D eigenvalue weighted by Gasteiger charge is 2.17. The maximum Gasteiger partial charge on any atom is 0.122 e. The summed E-state index contributed by atoms with van der Waals surface area (Å²) in [6.07, 6.45) is 0.756. The van der Waals surface area contributed by atoms with Crippen LogP contribution >= 0.6 is 0 Å². The average Bonchev–Trinajstić information content (AvgIpc) is 2.36. The second kappa shape index (κ2) is 6.92. The largest absolute Gasteiger partial charge is 0.494 e. The average molecular weight is 265 g/mol. The summed E-state index contributed by atoms with van der Waals surface area (Å²) < 4.78 is 5.67. The van der Waals surface area contributed by atoms with E-state index in [1.165, 1.54) is 5.56 Å². The van der Waals surface area contributed by atoms with Crippen molar-refractivity contribution in [2.75, 3.05) is 19.8 Å². The van der Waals surface area contributed by atoms with E-state index in [2.05, 4.69) is 32.9 Å². The van der Waals surface area contributed by atoms with Crippen molar-refractivity contribution < 1.29 is 9.84 Å². The van der Waals surface area contributed by atoms with Gasteiger partial charge in [-0.1, -0.05) is 32.9 Å². The minimum absolute atomic E-state index is 0.0921. The van der Waals surface area contributed by atoms with Crippen LogP contribution in [-0.2, 0) is 11.8 Å². The van der Waals surface area contributed by atoms with Crippen molar-refractivity contribution in [2.24, 2.45) is 11.7 Å². The van der Waals surface area contributed by atoms with Crippen LogP contribution in [0.25, 0.3) is 0 Å². The van der Waals surface area contributed by atoms with E-state index in [9.17, 15) is 5.11 Å². The van der Waals surface area contributed by atoms with Crippen molar-refractivity contribution in [1.29, 1.82) is 0 Å². The number of hydrogen-bond acceptors (Lipinski definition) is 3. The van der Waals surface area contributed by atoms with E-state index in [1.54, 1.807) is 0 Å². The Morgan fingerprint density at radius 3 is 2.47 bits per heavy atom. The number of aliphatic hydroxyl groups is 1. The topological polar surface area (TPSA) is 55.5 Å².